The van der Waals surface area contributed by atoms with Crippen LogP contribution in [0.3, 0.4) is 0 Å². The zero-order valence-corrected chi connectivity index (χ0v) is 17.8. The summed E-state index contributed by atoms with van der Waals surface area (Å²) < 4.78 is 16.3. The summed E-state index contributed by atoms with van der Waals surface area (Å²) >= 11 is 1.31. The molecule has 29 heavy (non-hydrogen) atoms. The summed E-state index contributed by atoms with van der Waals surface area (Å²) in [6.45, 7) is 8.55. The van der Waals surface area contributed by atoms with Crippen LogP contribution in [0.1, 0.15) is 26.3 Å². The van der Waals surface area contributed by atoms with E-state index in [-0.39, 0.29) is 17.0 Å². The number of amides is 1. The molecule has 0 aliphatic carbocycles. The first-order valence-corrected chi connectivity index (χ1v) is 10.5. The van der Waals surface area contributed by atoms with E-state index in [0.717, 1.165) is 11.3 Å². The number of rotatable bonds is 7. The van der Waals surface area contributed by atoms with E-state index in [4.69, 9.17) is 0 Å². The van der Waals surface area contributed by atoms with Crippen LogP contribution in [0, 0.1) is 18.7 Å². The van der Waals surface area contributed by atoms with E-state index in [2.05, 4.69) is 15.5 Å². The Labute approximate surface area is 174 Å². The smallest absolute Gasteiger partial charge is 0.233 e. The first-order valence-electron chi connectivity index (χ1n) is 9.58. The maximum Gasteiger partial charge on any atom is 0.233 e. The molecule has 3 aromatic rings. The van der Waals surface area contributed by atoms with Gasteiger partial charge in [-0.15, -0.1) is 10.2 Å². The normalized spacial score (nSPS) is 12.2. The third-order valence-corrected chi connectivity index (χ3v) is 5.42. The lowest BCUT2D eigenvalue weighted by atomic mass is 10.2. The van der Waals surface area contributed by atoms with E-state index >= 15 is 0 Å². The van der Waals surface area contributed by atoms with Gasteiger partial charge in [-0.25, -0.2) is 4.39 Å². The average molecular weight is 413 g/mol. The number of hydrogen-bond donors (Lipinski definition) is 1. The molecule has 0 fully saturated rings. The van der Waals surface area contributed by atoms with Crippen LogP contribution in [-0.4, -0.2) is 32.5 Å². The molecule has 1 heterocycles. The minimum absolute atomic E-state index is 0.0606. The van der Waals surface area contributed by atoms with Crippen molar-refractivity contribution in [1.29, 1.82) is 0 Å². The highest BCUT2D eigenvalue weighted by Gasteiger charge is 2.23. The van der Waals surface area contributed by atoms with Gasteiger partial charge in [-0.3, -0.25) is 9.36 Å². The maximum atomic E-state index is 14.5. The molecule has 2 aromatic carbocycles. The molecule has 1 atom stereocenters. The number of carbonyl (C=O) groups excluding carboxylic acids is 1. The second-order valence-corrected chi connectivity index (χ2v) is 8.66. The van der Waals surface area contributed by atoms with Gasteiger partial charge in [-0.05, 0) is 44.0 Å². The molecule has 3 rings (SSSR count). The van der Waals surface area contributed by atoms with Crippen molar-refractivity contribution < 1.29 is 9.18 Å². The van der Waals surface area contributed by atoms with E-state index in [1.54, 1.807) is 22.8 Å². The first kappa shape index (κ1) is 21.0. The van der Waals surface area contributed by atoms with Gasteiger partial charge in [0.15, 0.2) is 11.0 Å². The summed E-state index contributed by atoms with van der Waals surface area (Å²) in [7, 11) is 0. The molecule has 0 saturated carbocycles. The van der Waals surface area contributed by atoms with Crippen molar-refractivity contribution in [2.75, 3.05) is 6.54 Å². The Hall–Kier alpha value is -2.67. The number of benzene rings is 2. The van der Waals surface area contributed by atoms with Gasteiger partial charge in [0.2, 0.25) is 5.91 Å². The highest BCUT2D eigenvalue weighted by atomic mass is 32.2. The molecule has 0 aliphatic heterocycles. The number of halogens is 1. The van der Waals surface area contributed by atoms with Gasteiger partial charge in [-0.1, -0.05) is 55.4 Å². The van der Waals surface area contributed by atoms with Crippen LogP contribution in [0.2, 0.25) is 0 Å². The summed E-state index contributed by atoms with van der Waals surface area (Å²) in [5.74, 6) is 0.353. The topological polar surface area (TPSA) is 59.8 Å². The summed E-state index contributed by atoms with van der Waals surface area (Å²) in [5.41, 5.74) is 2.30. The number of nitrogens with one attached hydrogen (secondary N) is 1. The van der Waals surface area contributed by atoms with Gasteiger partial charge in [0.25, 0.3) is 0 Å². The third-order valence-electron chi connectivity index (χ3n) is 4.38. The number of aromatic nitrogens is 3. The van der Waals surface area contributed by atoms with Crippen LogP contribution in [-0.2, 0) is 4.79 Å². The van der Waals surface area contributed by atoms with Gasteiger partial charge >= 0.3 is 0 Å². The quantitative estimate of drug-likeness (QED) is 0.575. The Kier molecular flexibility index (Phi) is 6.69. The van der Waals surface area contributed by atoms with Crippen LogP contribution < -0.4 is 5.32 Å². The summed E-state index contributed by atoms with van der Waals surface area (Å²) in [6.07, 6.45) is 0. The van der Waals surface area contributed by atoms with Crippen molar-refractivity contribution in [3.8, 4) is 17.1 Å². The highest BCUT2D eigenvalue weighted by molar-refractivity contribution is 8.00. The largest absolute Gasteiger partial charge is 0.355 e. The van der Waals surface area contributed by atoms with Crippen molar-refractivity contribution in [1.82, 2.24) is 20.1 Å². The maximum absolute atomic E-state index is 14.5. The molecular formula is C22H25FN4OS. The van der Waals surface area contributed by atoms with Crippen molar-refractivity contribution >= 4 is 17.7 Å². The van der Waals surface area contributed by atoms with Gasteiger partial charge < -0.3 is 5.32 Å². The average Bonchev–Trinajstić information content (AvgIpc) is 3.10. The lowest BCUT2D eigenvalue weighted by Crippen LogP contribution is -2.33. The molecular weight excluding hydrogens is 387 g/mol. The second-order valence-electron chi connectivity index (χ2n) is 7.36. The number of nitrogens with zero attached hydrogens (tertiary/aromatic N) is 3. The van der Waals surface area contributed by atoms with Crippen molar-refractivity contribution in [2.24, 2.45) is 5.92 Å². The van der Waals surface area contributed by atoms with Crippen LogP contribution in [0.4, 0.5) is 4.39 Å². The molecule has 1 N–H and O–H groups in total. The molecule has 1 amide bonds. The second kappa shape index (κ2) is 9.22. The Morgan fingerprint density at radius 3 is 2.45 bits per heavy atom. The number of thioether (sulfide) groups is 1. The molecule has 7 heteroatoms. The summed E-state index contributed by atoms with van der Waals surface area (Å²) in [5, 5.41) is 11.6. The summed E-state index contributed by atoms with van der Waals surface area (Å²) in [6, 6.07) is 14.3. The highest BCUT2D eigenvalue weighted by Crippen LogP contribution is 2.31. The molecule has 0 radical (unpaired) electrons. The molecule has 5 nitrogen and oxygen atoms in total. The Balaban J connectivity index is 1.98. The molecule has 0 bridgehead atoms. The number of carbonyl (C=O) groups is 1. The predicted molar refractivity (Wildman–Crippen MR) is 115 cm³/mol. The Bertz CT molecular complexity index is 985. The predicted octanol–water partition coefficient (Wildman–Crippen LogP) is 4.63. The number of hydrogen-bond acceptors (Lipinski definition) is 4. The minimum atomic E-state index is -0.368. The molecule has 1 aromatic heterocycles. The van der Waals surface area contributed by atoms with E-state index < -0.39 is 0 Å². The van der Waals surface area contributed by atoms with Crippen molar-refractivity contribution in [3.05, 3.63) is 59.9 Å². The fourth-order valence-electron chi connectivity index (χ4n) is 2.75. The standard InChI is InChI=1S/C22H25FN4OS/c1-14(2)13-24-21(28)16(4)29-22-26-25-20(18-7-5-6-8-19(18)23)27(22)17-11-9-15(3)10-12-17/h5-12,14,16H,13H2,1-4H3,(H,24,28). The van der Waals surface area contributed by atoms with Crippen LogP contribution in [0.5, 0.6) is 0 Å². The van der Waals surface area contributed by atoms with Crippen LogP contribution >= 0.6 is 11.8 Å². The van der Waals surface area contributed by atoms with Crippen molar-refractivity contribution in [2.45, 2.75) is 38.1 Å². The Morgan fingerprint density at radius 1 is 1.10 bits per heavy atom. The van der Waals surface area contributed by atoms with Gasteiger partial charge in [0.1, 0.15) is 5.82 Å². The number of aryl methyl sites for hydroxylation is 1. The van der Waals surface area contributed by atoms with Crippen LogP contribution in [0.25, 0.3) is 17.1 Å². The van der Waals surface area contributed by atoms with Gasteiger partial charge in [0.05, 0.1) is 10.8 Å². The molecule has 0 spiro atoms. The molecule has 0 aliphatic rings. The minimum Gasteiger partial charge on any atom is -0.355 e. The lowest BCUT2D eigenvalue weighted by Gasteiger charge is -2.15. The van der Waals surface area contributed by atoms with E-state index in [9.17, 15) is 9.18 Å². The fraction of sp³-hybridized carbons (Fsp3) is 0.318. The summed E-state index contributed by atoms with van der Waals surface area (Å²) in [4.78, 5) is 12.4. The molecule has 0 saturated heterocycles. The monoisotopic (exact) mass is 412 g/mol. The van der Waals surface area contributed by atoms with Crippen molar-refractivity contribution in [3.63, 3.8) is 0 Å². The van der Waals surface area contributed by atoms with E-state index in [0.29, 0.717) is 29.0 Å². The van der Waals surface area contributed by atoms with E-state index in [1.807, 2.05) is 52.0 Å². The van der Waals surface area contributed by atoms with E-state index in [1.165, 1.54) is 17.8 Å². The van der Waals surface area contributed by atoms with Gasteiger partial charge in [-0.2, -0.15) is 0 Å². The first-order chi connectivity index (χ1) is 13.9. The molecule has 1 unspecified atom stereocenters. The molecule has 152 valence electrons. The van der Waals surface area contributed by atoms with Crippen LogP contribution in [0.15, 0.2) is 53.7 Å². The fourth-order valence-corrected chi connectivity index (χ4v) is 3.64. The SMILES string of the molecule is Cc1ccc(-n2c(SC(C)C(=O)NCC(C)C)nnc2-c2ccccc2F)cc1. The Morgan fingerprint density at radius 2 is 1.79 bits per heavy atom. The van der Waals surface area contributed by atoms with Gasteiger partial charge in [0, 0.05) is 12.2 Å². The lowest BCUT2D eigenvalue weighted by molar-refractivity contribution is -0.120. The zero-order valence-electron chi connectivity index (χ0n) is 17.0. The third kappa shape index (κ3) is 5.03. The zero-order chi connectivity index (χ0) is 21.0.